The summed E-state index contributed by atoms with van der Waals surface area (Å²) >= 11 is 5.91. The summed E-state index contributed by atoms with van der Waals surface area (Å²) in [5.41, 5.74) is 0.0545. The van der Waals surface area contributed by atoms with E-state index < -0.39 is 27.4 Å². The smallest absolute Gasteiger partial charge is 0.264 e. The summed E-state index contributed by atoms with van der Waals surface area (Å²) in [6, 6.07) is 13.6. The molecule has 0 heterocycles. The molecule has 0 aromatic heterocycles. The average molecular weight is 437 g/mol. The molecule has 0 saturated heterocycles. The van der Waals surface area contributed by atoms with Crippen LogP contribution in [0.1, 0.15) is 38.8 Å². The first-order valence-corrected chi connectivity index (χ1v) is 11.0. The maximum atomic E-state index is 13.0. The summed E-state index contributed by atoms with van der Waals surface area (Å²) in [4.78, 5) is 24.4. The van der Waals surface area contributed by atoms with Gasteiger partial charge in [-0.1, -0.05) is 55.8 Å². The number of rotatable bonds is 7. The predicted octanol–water partition coefficient (Wildman–Crippen LogP) is 3.29. The first-order chi connectivity index (χ1) is 13.5. The standard InChI is InChI=1S/C21H25ClN2O4S/c1-14(2)21(4,23-15(3)25)20(26)24-29(27,28)19-8-6-5-7-17(19)13-16-9-11-18(22)12-10-16/h5-12,14H,13H2,1-4H3,(H,23,25)(H,24,26). The summed E-state index contributed by atoms with van der Waals surface area (Å²) in [5, 5.41) is 3.15. The lowest BCUT2D eigenvalue weighted by atomic mass is 9.87. The van der Waals surface area contributed by atoms with E-state index in [9.17, 15) is 18.0 Å². The number of halogens is 1. The molecule has 0 aliphatic carbocycles. The van der Waals surface area contributed by atoms with Crippen molar-refractivity contribution in [3.63, 3.8) is 0 Å². The molecular formula is C21H25ClN2O4S. The van der Waals surface area contributed by atoms with Crippen LogP contribution < -0.4 is 10.0 Å². The van der Waals surface area contributed by atoms with Crippen LogP contribution >= 0.6 is 11.6 Å². The molecule has 2 amide bonds. The van der Waals surface area contributed by atoms with Gasteiger partial charge in [-0.2, -0.15) is 0 Å². The Balaban J connectivity index is 2.35. The summed E-state index contributed by atoms with van der Waals surface area (Å²) < 4.78 is 28.1. The van der Waals surface area contributed by atoms with Gasteiger partial charge in [0.1, 0.15) is 5.54 Å². The third-order valence-electron chi connectivity index (χ3n) is 4.86. The Bertz CT molecular complexity index is 1000. The molecule has 0 aliphatic heterocycles. The molecule has 1 unspecified atom stereocenters. The largest absolute Gasteiger partial charge is 0.342 e. The van der Waals surface area contributed by atoms with Crippen molar-refractivity contribution < 1.29 is 18.0 Å². The lowest BCUT2D eigenvalue weighted by molar-refractivity contribution is -0.132. The van der Waals surface area contributed by atoms with E-state index in [0.29, 0.717) is 17.0 Å². The molecule has 0 saturated carbocycles. The second-order valence-electron chi connectivity index (χ2n) is 7.38. The van der Waals surface area contributed by atoms with Crippen LogP contribution in [0.15, 0.2) is 53.4 Å². The minimum Gasteiger partial charge on any atom is -0.342 e. The quantitative estimate of drug-likeness (QED) is 0.696. The SMILES string of the molecule is CC(=O)NC(C)(C(=O)NS(=O)(=O)c1ccccc1Cc1ccc(Cl)cc1)C(C)C. The molecule has 2 rings (SSSR count). The van der Waals surface area contributed by atoms with Gasteiger partial charge in [-0.15, -0.1) is 0 Å². The highest BCUT2D eigenvalue weighted by Crippen LogP contribution is 2.22. The lowest BCUT2D eigenvalue weighted by Gasteiger charge is -2.32. The Hall–Kier alpha value is -2.38. The Labute approximate surface area is 176 Å². The van der Waals surface area contributed by atoms with Gasteiger partial charge < -0.3 is 5.32 Å². The van der Waals surface area contributed by atoms with Gasteiger partial charge >= 0.3 is 0 Å². The lowest BCUT2D eigenvalue weighted by Crippen LogP contribution is -2.60. The number of carbonyl (C=O) groups excluding carboxylic acids is 2. The van der Waals surface area contributed by atoms with Gasteiger partial charge in [0.2, 0.25) is 5.91 Å². The van der Waals surface area contributed by atoms with E-state index >= 15 is 0 Å². The molecule has 0 spiro atoms. The molecular weight excluding hydrogens is 412 g/mol. The highest BCUT2D eigenvalue weighted by atomic mass is 35.5. The van der Waals surface area contributed by atoms with E-state index in [1.165, 1.54) is 19.9 Å². The van der Waals surface area contributed by atoms with Gasteiger partial charge in [-0.05, 0) is 48.6 Å². The number of hydrogen-bond donors (Lipinski definition) is 2. The van der Waals surface area contributed by atoms with Crippen molar-refractivity contribution in [3.05, 3.63) is 64.7 Å². The van der Waals surface area contributed by atoms with E-state index in [0.717, 1.165) is 5.56 Å². The first kappa shape index (κ1) is 22.9. The molecule has 6 nitrogen and oxygen atoms in total. The van der Waals surface area contributed by atoms with E-state index in [4.69, 9.17) is 11.6 Å². The fraction of sp³-hybridized carbons (Fsp3) is 0.333. The van der Waals surface area contributed by atoms with Gasteiger partial charge in [0.15, 0.2) is 0 Å². The molecule has 0 fully saturated rings. The van der Waals surface area contributed by atoms with Gasteiger partial charge in [0, 0.05) is 11.9 Å². The van der Waals surface area contributed by atoms with Crippen LogP contribution in [-0.2, 0) is 26.0 Å². The van der Waals surface area contributed by atoms with Crippen LogP contribution in [0.4, 0.5) is 0 Å². The van der Waals surface area contributed by atoms with E-state index in [1.807, 2.05) is 12.1 Å². The normalized spacial score (nSPS) is 13.6. The van der Waals surface area contributed by atoms with Crippen molar-refractivity contribution in [2.24, 2.45) is 5.92 Å². The second-order valence-corrected chi connectivity index (χ2v) is 9.47. The molecule has 0 aliphatic rings. The van der Waals surface area contributed by atoms with Crippen LogP contribution in [0.3, 0.4) is 0 Å². The Morgan fingerprint density at radius 1 is 1.07 bits per heavy atom. The number of benzene rings is 2. The van der Waals surface area contributed by atoms with Crippen molar-refractivity contribution in [2.75, 3.05) is 0 Å². The molecule has 2 N–H and O–H groups in total. The second kappa shape index (κ2) is 8.97. The van der Waals surface area contributed by atoms with Crippen molar-refractivity contribution >= 4 is 33.4 Å². The number of hydrogen-bond acceptors (Lipinski definition) is 4. The topological polar surface area (TPSA) is 92.3 Å². The fourth-order valence-corrected chi connectivity index (χ4v) is 4.28. The molecule has 1 atom stereocenters. The molecule has 0 radical (unpaired) electrons. The zero-order chi connectivity index (χ0) is 21.8. The predicted molar refractivity (Wildman–Crippen MR) is 113 cm³/mol. The third kappa shape index (κ3) is 5.58. The van der Waals surface area contributed by atoms with Crippen molar-refractivity contribution in [1.29, 1.82) is 0 Å². The first-order valence-electron chi connectivity index (χ1n) is 9.14. The highest BCUT2D eigenvalue weighted by molar-refractivity contribution is 7.90. The minimum atomic E-state index is -4.15. The van der Waals surface area contributed by atoms with Gasteiger partial charge in [0.25, 0.3) is 15.9 Å². The number of amides is 2. The molecule has 8 heteroatoms. The van der Waals surface area contributed by atoms with Crippen LogP contribution in [0.25, 0.3) is 0 Å². The maximum Gasteiger partial charge on any atom is 0.264 e. The number of sulfonamides is 1. The Morgan fingerprint density at radius 3 is 2.21 bits per heavy atom. The molecule has 156 valence electrons. The fourth-order valence-electron chi connectivity index (χ4n) is 2.85. The summed E-state index contributed by atoms with van der Waals surface area (Å²) in [5.74, 6) is -1.54. The zero-order valence-electron chi connectivity index (χ0n) is 16.8. The van der Waals surface area contributed by atoms with E-state index in [1.54, 1.807) is 44.2 Å². The van der Waals surface area contributed by atoms with Crippen molar-refractivity contribution in [3.8, 4) is 0 Å². The monoisotopic (exact) mass is 436 g/mol. The Morgan fingerprint density at radius 2 is 1.66 bits per heavy atom. The molecule has 0 bridgehead atoms. The van der Waals surface area contributed by atoms with Crippen LogP contribution in [0.5, 0.6) is 0 Å². The van der Waals surface area contributed by atoms with Crippen LogP contribution in [0.2, 0.25) is 5.02 Å². The average Bonchev–Trinajstić information content (AvgIpc) is 2.62. The zero-order valence-corrected chi connectivity index (χ0v) is 18.4. The number of nitrogens with one attached hydrogen (secondary N) is 2. The van der Waals surface area contributed by atoms with Crippen molar-refractivity contribution in [1.82, 2.24) is 10.0 Å². The third-order valence-corrected chi connectivity index (χ3v) is 6.54. The van der Waals surface area contributed by atoms with E-state index in [-0.39, 0.29) is 10.8 Å². The maximum absolute atomic E-state index is 13.0. The van der Waals surface area contributed by atoms with Gasteiger partial charge in [-0.25, -0.2) is 13.1 Å². The van der Waals surface area contributed by atoms with E-state index in [2.05, 4.69) is 10.0 Å². The van der Waals surface area contributed by atoms with Crippen molar-refractivity contribution in [2.45, 2.75) is 44.6 Å². The summed E-state index contributed by atoms with van der Waals surface area (Å²) in [6.45, 7) is 6.25. The molecule has 2 aromatic carbocycles. The van der Waals surface area contributed by atoms with Gasteiger partial charge in [0.05, 0.1) is 4.90 Å². The molecule has 29 heavy (non-hydrogen) atoms. The number of carbonyl (C=O) groups is 2. The Kier molecular flexibility index (Phi) is 7.08. The minimum absolute atomic E-state index is 0.0113. The van der Waals surface area contributed by atoms with Crippen LogP contribution in [0, 0.1) is 5.92 Å². The van der Waals surface area contributed by atoms with Gasteiger partial charge in [-0.3, -0.25) is 9.59 Å². The highest BCUT2D eigenvalue weighted by Gasteiger charge is 2.39. The molecule has 2 aromatic rings. The van der Waals surface area contributed by atoms with Crippen LogP contribution in [-0.4, -0.2) is 25.8 Å². The summed E-state index contributed by atoms with van der Waals surface area (Å²) in [6.07, 6.45) is 0.357. The summed E-state index contributed by atoms with van der Waals surface area (Å²) in [7, 11) is -4.15.